The first-order chi connectivity index (χ1) is 29.7. The number of carbonyl (C=O) groups is 4. The van der Waals surface area contributed by atoms with Gasteiger partial charge in [-0.3, -0.25) is 18.9 Å². The van der Waals surface area contributed by atoms with Gasteiger partial charge in [-0.25, -0.2) is 8.98 Å². The van der Waals surface area contributed by atoms with E-state index in [9.17, 15) is 88.9 Å². The molecule has 0 bridgehead atoms. The normalized spacial score (nSPS) is 41.6. The van der Waals surface area contributed by atoms with Crippen LogP contribution in [-0.4, -0.2) is 253 Å². The van der Waals surface area contributed by atoms with Crippen molar-refractivity contribution in [2.24, 2.45) is 0 Å². The largest absolute Gasteiger partial charge is 0.477 e. The van der Waals surface area contributed by atoms with Crippen LogP contribution in [0.25, 0.3) is 0 Å². The molecular formula is C33H55N3O27S. The maximum atomic E-state index is 12.7. The second-order valence-electron chi connectivity index (χ2n) is 15.3. The first-order valence-electron chi connectivity index (χ1n) is 19.4. The van der Waals surface area contributed by atoms with E-state index >= 15 is 0 Å². The quantitative estimate of drug-likeness (QED) is 0.0567. The molecule has 30 nitrogen and oxygen atoms in total. The molecule has 1 unspecified atom stereocenters. The molecule has 31 heteroatoms. The molecule has 370 valence electrons. The summed E-state index contributed by atoms with van der Waals surface area (Å²) < 4.78 is 74.7. The zero-order chi connectivity index (χ0) is 48.2. The number of aliphatic carboxylic acids is 1. The Balaban J connectivity index is 1.62. The summed E-state index contributed by atoms with van der Waals surface area (Å²) in [7, 11) is -5.10. The molecule has 4 saturated heterocycles. The van der Waals surface area contributed by atoms with E-state index in [1.165, 1.54) is 0 Å². The Labute approximate surface area is 362 Å². The van der Waals surface area contributed by atoms with Crippen molar-refractivity contribution in [1.82, 2.24) is 16.0 Å². The second-order valence-corrected chi connectivity index (χ2v) is 16.4. The predicted molar refractivity (Wildman–Crippen MR) is 196 cm³/mol. The minimum absolute atomic E-state index is 0.777. The van der Waals surface area contributed by atoms with Gasteiger partial charge in [0.25, 0.3) is 5.79 Å². The van der Waals surface area contributed by atoms with E-state index in [0.717, 1.165) is 20.8 Å². The van der Waals surface area contributed by atoms with Crippen LogP contribution >= 0.6 is 0 Å². The van der Waals surface area contributed by atoms with Gasteiger partial charge in [-0.2, -0.15) is 8.42 Å². The van der Waals surface area contributed by atoms with Gasteiger partial charge in [0.05, 0.1) is 38.6 Å². The summed E-state index contributed by atoms with van der Waals surface area (Å²) in [5, 5.41) is 134. The fourth-order valence-electron chi connectivity index (χ4n) is 7.48. The predicted octanol–water partition coefficient (Wildman–Crippen LogP) is -10.3. The number of carboxylic acid groups (broad SMARTS) is 1. The van der Waals surface area contributed by atoms with Crippen molar-refractivity contribution in [2.75, 3.05) is 26.4 Å². The third-order valence-corrected chi connectivity index (χ3v) is 11.0. The monoisotopic (exact) mass is 957 g/mol. The topological polar surface area (TPSA) is 475 Å². The number of hydrogen-bond acceptors (Lipinski definition) is 25. The number of aliphatic hydroxyl groups is 11. The molecular weight excluding hydrogens is 902 g/mol. The molecule has 0 aromatic carbocycles. The van der Waals surface area contributed by atoms with Crippen LogP contribution in [-0.2, 0) is 66.9 Å². The molecule has 0 aliphatic carbocycles. The smallest absolute Gasteiger partial charge is 0.397 e. The summed E-state index contributed by atoms with van der Waals surface area (Å²) in [5.74, 6) is -7.41. The fourth-order valence-corrected chi connectivity index (χ4v) is 7.79. The van der Waals surface area contributed by atoms with Gasteiger partial charge in [0, 0.05) is 27.2 Å². The number of rotatable bonds is 18. The highest BCUT2D eigenvalue weighted by atomic mass is 32.3. The average Bonchev–Trinajstić information content (AvgIpc) is 3.20. The highest BCUT2D eigenvalue weighted by Crippen LogP contribution is 2.36. The van der Waals surface area contributed by atoms with Crippen LogP contribution in [0.5, 0.6) is 0 Å². The highest BCUT2D eigenvalue weighted by molar-refractivity contribution is 7.80. The summed E-state index contributed by atoms with van der Waals surface area (Å²) in [5.41, 5.74) is 0. The zero-order valence-electron chi connectivity index (χ0n) is 34.0. The van der Waals surface area contributed by atoms with E-state index in [1.807, 2.05) is 0 Å². The van der Waals surface area contributed by atoms with Gasteiger partial charge < -0.3 is 110 Å². The molecule has 0 spiro atoms. The van der Waals surface area contributed by atoms with E-state index in [4.69, 9.17) is 37.7 Å². The Morgan fingerprint density at radius 3 is 1.80 bits per heavy atom. The van der Waals surface area contributed by atoms with Crippen molar-refractivity contribution in [3.63, 3.8) is 0 Å². The average molecular weight is 958 g/mol. The van der Waals surface area contributed by atoms with E-state index in [2.05, 4.69) is 20.1 Å². The lowest BCUT2D eigenvalue weighted by atomic mass is 9.88. The lowest BCUT2D eigenvalue weighted by molar-refractivity contribution is -0.361. The van der Waals surface area contributed by atoms with Gasteiger partial charge in [0.2, 0.25) is 17.7 Å². The Kier molecular flexibility index (Phi) is 18.6. The molecule has 0 radical (unpaired) electrons. The molecule has 4 rings (SSSR count). The van der Waals surface area contributed by atoms with Crippen molar-refractivity contribution in [3.8, 4) is 0 Å². The molecule has 3 amide bonds. The number of ether oxygens (including phenoxy) is 7. The first-order valence-corrected chi connectivity index (χ1v) is 20.7. The molecule has 0 aromatic heterocycles. The lowest BCUT2D eigenvalue weighted by Gasteiger charge is -2.50. The Morgan fingerprint density at radius 2 is 1.25 bits per heavy atom. The molecule has 21 atom stereocenters. The SMILES string of the molecule is CC(=O)N[C@H]1[C@H](O[C@H]2[C@@H](O)[C@@H](CO[C@]3(C(=O)O)C[C@H](O)[C@@H](NC(C)=O)[C@H]([C@H](O)[C@H](O)CO)O3)OC(O)[C@@H]2NC(C)=O)O[C@H](CO)[C@@H](O[C@@H]2O[C@H](COS(=O)(=O)O)[C@H](O)[C@H](O)[C@H]2O)[C@@H]1O. The van der Waals surface area contributed by atoms with Gasteiger partial charge in [0.1, 0.15) is 91.4 Å². The van der Waals surface area contributed by atoms with E-state index in [1.54, 1.807) is 0 Å². The molecule has 0 saturated carbocycles. The van der Waals surface area contributed by atoms with Crippen LogP contribution in [0.3, 0.4) is 0 Å². The maximum Gasteiger partial charge on any atom is 0.397 e. The fraction of sp³-hybridized carbons (Fsp3) is 0.879. The van der Waals surface area contributed by atoms with Crippen LogP contribution in [0.2, 0.25) is 0 Å². The molecule has 0 aromatic rings. The third kappa shape index (κ3) is 12.7. The van der Waals surface area contributed by atoms with Crippen LogP contribution in [0.1, 0.15) is 27.2 Å². The number of carbonyl (C=O) groups excluding carboxylic acids is 3. The molecule has 4 aliphatic rings. The van der Waals surface area contributed by atoms with Gasteiger partial charge in [-0.05, 0) is 0 Å². The maximum absolute atomic E-state index is 12.7. The molecule has 4 fully saturated rings. The Bertz CT molecular complexity index is 1720. The van der Waals surface area contributed by atoms with Crippen molar-refractivity contribution in [2.45, 2.75) is 155 Å². The summed E-state index contributed by atoms with van der Waals surface area (Å²) in [6, 6.07) is -5.12. The number of nitrogens with one attached hydrogen (secondary N) is 3. The lowest BCUT2D eigenvalue weighted by Crippen LogP contribution is -2.71. The van der Waals surface area contributed by atoms with Crippen LogP contribution in [0, 0.1) is 0 Å². The Hall–Kier alpha value is -2.97. The van der Waals surface area contributed by atoms with Gasteiger partial charge >= 0.3 is 16.4 Å². The number of hydrogen-bond donors (Lipinski definition) is 16. The number of aliphatic hydroxyl groups excluding tert-OH is 11. The van der Waals surface area contributed by atoms with Crippen molar-refractivity contribution < 1.29 is 131 Å². The first kappa shape index (κ1) is 53.6. The van der Waals surface area contributed by atoms with E-state index in [0.29, 0.717) is 0 Å². The van der Waals surface area contributed by atoms with Gasteiger partial charge in [-0.1, -0.05) is 0 Å². The molecule has 4 heterocycles. The molecule has 16 N–H and O–H groups in total. The standard InChI is InChI=1S/C33H55N3O27S/c1-9(39)34-17-12(42)4-33(32(51)52,63-28(17)20(44)13(43)5-37)56-7-15-22(46)27(19(29(50)58-15)36-11(3)41)62-30-18(35-10(2)40)23(47)26(14(6-38)59-30)61-31-25(49)24(48)21(45)16(60-31)8-57-64(53,54)55/h12-31,37-38,42-50H,4-8H2,1-3H3,(H,34,39)(H,35,40)(H,36,41)(H,51,52)(H,53,54,55)/t12-,13+,14+,15+,16+,17+,18+,19+,20+,21-,22-,23+,24-,25+,26+,27+,28+,29?,30-,31-,33+/m0/s1. The third-order valence-electron chi connectivity index (χ3n) is 10.6. The summed E-state index contributed by atoms with van der Waals surface area (Å²) in [4.78, 5) is 49.3. The highest BCUT2D eigenvalue weighted by Gasteiger charge is 2.58. The van der Waals surface area contributed by atoms with Crippen molar-refractivity contribution >= 4 is 34.1 Å². The van der Waals surface area contributed by atoms with Crippen LogP contribution in [0.15, 0.2) is 0 Å². The van der Waals surface area contributed by atoms with Gasteiger partial charge in [-0.15, -0.1) is 0 Å². The van der Waals surface area contributed by atoms with Crippen molar-refractivity contribution in [1.29, 1.82) is 0 Å². The van der Waals surface area contributed by atoms with Crippen LogP contribution < -0.4 is 16.0 Å². The summed E-state index contributed by atoms with van der Waals surface area (Å²) >= 11 is 0. The number of carboxylic acids is 1. The minimum Gasteiger partial charge on any atom is -0.477 e. The van der Waals surface area contributed by atoms with Crippen LogP contribution in [0.4, 0.5) is 0 Å². The minimum atomic E-state index is -5.10. The summed E-state index contributed by atoms with van der Waals surface area (Å²) in [6.07, 6.45) is -34.9. The Morgan fingerprint density at radius 1 is 0.703 bits per heavy atom. The van der Waals surface area contributed by atoms with Crippen molar-refractivity contribution in [3.05, 3.63) is 0 Å². The summed E-state index contributed by atoms with van der Waals surface area (Å²) in [6.45, 7) is -1.38. The number of amides is 3. The zero-order valence-corrected chi connectivity index (χ0v) is 34.8. The molecule has 64 heavy (non-hydrogen) atoms. The second kappa shape index (κ2) is 22.2. The van der Waals surface area contributed by atoms with E-state index in [-0.39, 0.29) is 0 Å². The van der Waals surface area contributed by atoms with E-state index < -0.39 is 195 Å². The molecule has 4 aliphatic heterocycles. The van der Waals surface area contributed by atoms with Gasteiger partial charge in [0.15, 0.2) is 18.9 Å².